The van der Waals surface area contributed by atoms with Crippen LogP contribution in [-0.2, 0) is 0 Å². The van der Waals surface area contributed by atoms with E-state index in [2.05, 4.69) is 10.2 Å². The Morgan fingerprint density at radius 1 is 1.55 bits per heavy atom. The Balaban J connectivity index is 2.16. The van der Waals surface area contributed by atoms with Crippen LogP contribution in [0.2, 0.25) is 0 Å². The third-order valence-corrected chi connectivity index (χ3v) is 3.00. The number of hydrogen-bond donors (Lipinski definition) is 1. The van der Waals surface area contributed by atoms with Crippen LogP contribution in [0.4, 0.5) is 0 Å². The Kier molecular flexibility index (Phi) is 1.87. The van der Waals surface area contributed by atoms with Crippen LogP contribution < -0.4 is 0 Å². The first kappa shape index (κ1) is 7.18. The molecule has 1 fully saturated rings. The van der Waals surface area contributed by atoms with Gasteiger partial charge in [-0.1, -0.05) is 6.42 Å². The summed E-state index contributed by atoms with van der Waals surface area (Å²) in [6, 6.07) is 0. The van der Waals surface area contributed by atoms with Crippen LogP contribution >= 0.6 is 11.3 Å². The molecule has 2 rings (SSSR count). The zero-order chi connectivity index (χ0) is 7.68. The summed E-state index contributed by atoms with van der Waals surface area (Å²) in [6.07, 6.45) is 2.93. The maximum absolute atomic E-state index is 9.50. The molecule has 60 valence electrons. The predicted octanol–water partition coefficient (Wildman–Crippen LogP) is 1.17. The maximum atomic E-state index is 9.50. The highest BCUT2D eigenvalue weighted by molar-refractivity contribution is 7.09. The lowest BCUT2D eigenvalue weighted by molar-refractivity contribution is 0.163. The van der Waals surface area contributed by atoms with Crippen molar-refractivity contribution in [3.05, 3.63) is 10.5 Å². The first-order valence-corrected chi connectivity index (χ1v) is 4.70. The molecule has 1 aliphatic rings. The molecule has 0 aromatic carbocycles. The Morgan fingerprint density at radius 3 is 3.00 bits per heavy atom. The van der Waals surface area contributed by atoms with Crippen molar-refractivity contribution in [2.24, 2.45) is 0 Å². The van der Waals surface area contributed by atoms with Gasteiger partial charge in [0.25, 0.3) is 0 Å². The third kappa shape index (κ3) is 1.28. The van der Waals surface area contributed by atoms with Gasteiger partial charge in [0.15, 0.2) is 0 Å². The Morgan fingerprint density at radius 2 is 2.45 bits per heavy atom. The maximum Gasteiger partial charge on any atom is 0.122 e. The molecule has 0 spiro atoms. The van der Waals surface area contributed by atoms with E-state index in [0.717, 1.165) is 24.3 Å². The fraction of sp³-hybridized carbons (Fsp3) is 0.714. The summed E-state index contributed by atoms with van der Waals surface area (Å²) < 4.78 is 0. The largest absolute Gasteiger partial charge is 0.392 e. The molecule has 1 aromatic heterocycles. The fourth-order valence-electron chi connectivity index (χ4n) is 1.57. The molecule has 1 saturated carbocycles. The van der Waals surface area contributed by atoms with Gasteiger partial charge in [0.05, 0.1) is 6.10 Å². The Bertz CT molecular complexity index is 224. The number of aliphatic hydroxyl groups is 1. The van der Waals surface area contributed by atoms with Crippen LogP contribution in [0, 0.1) is 0 Å². The second-order valence-corrected chi connectivity index (χ2v) is 3.75. The summed E-state index contributed by atoms with van der Waals surface area (Å²) in [5, 5.41) is 18.2. The van der Waals surface area contributed by atoms with Crippen LogP contribution in [0.1, 0.15) is 30.2 Å². The molecule has 2 atom stereocenters. The highest BCUT2D eigenvalue weighted by Crippen LogP contribution is 2.34. The smallest absolute Gasteiger partial charge is 0.122 e. The van der Waals surface area contributed by atoms with Gasteiger partial charge in [-0.15, -0.1) is 21.5 Å². The minimum Gasteiger partial charge on any atom is -0.392 e. The summed E-state index contributed by atoms with van der Waals surface area (Å²) in [6.45, 7) is 0. The zero-order valence-corrected chi connectivity index (χ0v) is 6.92. The quantitative estimate of drug-likeness (QED) is 0.688. The van der Waals surface area contributed by atoms with Gasteiger partial charge in [0, 0.05) is 5.92 Å². The van der Waals surface area contributed by atoms with Crippen LogP contribution in [0.3, 0.4) is 0 Å². The third-order valence-electron chi connectivity index (χ3n) is 2.17. The lowest BCUT2D eigenvalue weighted by Crippen LogP contribution is -2.10. The van der Waals surface area contributed by atoms with Crippen molar-refractivity contribution >= 4 is 11.3 Å². The summed E-state index contributed by atoms with van der Waals surface area (Å²) in [5.41, 5.74) is 1.72. The van der Waals surface area contributed by atoms with Gasteiger partial charge in [-0.2, -0.15) is 0 Å². The summed E-state index contributed by atoms with van der Waals surface area (Å²) in [5.74, 6) is 0.266. The number of aromatic nitrogens is 2. The van der Waals surface area contributed by atoms with Gasteiger partial charge in [0.1, 0.15) is 10.5 Å². The van der Waals surface area contributed by atoms with E-state index < -0.39 is 0 Å². The number of nitrogens with zero attached hydrogens (tertiary/aromatic N) is 2. The lowest BCUT2D eigenvalue weighted by Gasteiger charge is -2.08. The van der Waals surface area contributed by atoms with Crippen molar-refractivity contribution in [2.75, 3.05) is 0 Å². The second kappa shape index (κ2) is 2.87. The highest BCUT2D eigenvalue weighted by Gasteiger charge is 2.28. The van der Waals surface area contributed by atoms with E-state index in [1.807, 2.05) is 0 Å². The summed E-state index contributed by atoms with van der Waals surface area (Å²) in [7, 11) is 0. The fourth-order valence-corrected chi connectivity index (χ4v) is 2.32. The van der Waals surface area contributed by atoms with Crippen LogP contribution in [0.25, 0.3) is 0 Å². The van der Waals surface area contributed by atoms with E-state index in [0.29, 0.717) is 0 Å². The van der Waals surface area contributed by atoms with Gasteiger partial charge >= 0.3 is 0 Å². The zero-order valence-electron chi connectivity index (χ0n) is 6.10. The van der Waals surface area contributed by atoms with Crippen molar-refractivity contribution in [1.29, 1.82) is 0 Å². The minimum atomic E-state index is -0.178. The molecule has 11 heavy (non-hydrogen) atoms. The molecule has 0 amide bonds. The summed E-state index contributed by atoms with van der Waals surface area (Å²) >= 11 is 1.54. The monoisotopic (exact) mass is 170 g/mol. The molecule has 0 saturated heterocycles. The minimum absolute atomic E-state index is 0.178. The van der Waals surface area contributed by atoms with Gasteiger partial charge in [0.2, 0.25) is 0 Å². The topological polar surface area (TPSA) is 46.0 Å². The second-order valence-electron chi connectivity index (χ2n) is 2.88. The van der Waals surface area contributed by atoms with Crippen molar-refractivity contribution in [2.45, 2.75) is 31.3 Å². The molecular weight excluding hydrogens is 160 g/mol. The van der Waals surface area contributed by atoms with Crippen LogP contribution in [-0.4, -0.2) is 21.4 Å². The van der Waals surface area contributed by atoms with E-state index in [1.165, 1.54) is 0 Å². The van der Waals surface area contributed by atoms with E-state index in [4.69, 9.17) is 0 Å². The summed E-state index contributed by atoms with van der Waals surface area (Å²) in [4.78, 5) is 0. The van der Waals surface area contributed by atoms with Gasteiger partial charge < -0.3 is 5.11 Å². The van der Waals surface area contributed by atoms with E-state index in [1.54, 1.807) is 16.8 Å². The average Bonchev–Trinajstić information content (AvgIpc) is 2.55. The molecule has 4 heteroatoms. The lowest BCUT2D eigenvalue weighted by atomic mass is 10.1. The molecular formula is C7H10N2OS. The molecule has 1 aliphatic carbocycles. The van der Waals surface area contributed by atoms with Crippen molar-refractivity contribution in [3.8, 4) is 0 Å². The highest BCUT2D eigenvalue weighted by atomic mass is 32.1. The first-order chi connectivity index (χ1) is 5.38. The van der Waals surface area contributed by atoms with Crippen molar-refractivity contribution < 1.29 is 5.11 Å². The van der Waals surface area contributed by atoms with Crippen LogP contribution in [0.15, 0.2) is 5.51 Å². The van der Waals surface area contributed by atoms with Crippen molar-refractivity contribution in [3.63, 3.8) is 0 Å². The van der Waals surface area contributed by atoms with E-state index >= 15 is 0 Å². The van der Waals surface area contributed by atoms with Gasteiger partial charge in [-0.3, -0.25) is 0 Å². The van der Waals surface area contributed by atoms with E-state index in [-0.39, 0.29) is 12.0 Å². The molecule has 0 radical (unpaired) electrons. The number of aliphatic hydroxyl groups excluding tert-OH is 1. The average molecular weight is 170 g/mol. The van der Waals surface area contributed by atoms with Gasteiger partial charge in [-0.05, 0) is 12.8 Å². The number of hydrogen-bond acceptors (Lipinski definition) is 4. The molecule has 0 unspecified atom stereocenters. The standard InChI is InChI=1S/C7H10N2OS/c10-6-3-1-2-5(6)7-9-8-4-11-7/h4-6,10H,1-3H2/t5-,6-/m1/s1. The molecule has 1 aromatic rings. The Labute approximate surface area is 69.1 Å². The van der Waals surface area contributed by atoms with Gasteiger partial charge in [-0.25, -0.2) is 0 Å². The Hall–Kier alpha value is -0.480. The SMILES string of the molecule is O[C@@H]1CCC[C@H]1c1nncs1. The first-order valence-electron chi connectivity index (χ1n) is 3.82. The molecule has 0 aliphatic heterocycles. The molecule has 0 bridgehead atoms. The van der Waals surface area contributed by atoms with E-state index in [9.17, 15) is 5.11 Å². The molecule has 1 N–H and O–H groups in total. The predicted molar refractivity (Wildman–Crippen MR) is 42.5 cm³/mol. The molecule has 3 nitrogen and oxygen atoms in total. The number of rotatable bonds is 1. The van der Waals surface area contributed by atoms with Crippen molar-refractivity contribution in [1.82, 2.24) is 10.2 Å². The normalized spacial score (nSPS) is 31.0. The molecule has 1 heterocycles. The van der Waals surface area contributed by atoms with Crippen LogP contribution in [0.5, 0.6) is 0 Å².